The number of nitrogens with zero attached hydrogens (tertiary/aromatic N) is 1. The zero-order valence-electron chi connectivity index (χ0n) is 14.0. The molecule has 0 unspecified atom stereocenters. The van der Waals surface area contributed by atoms with E-state index < -0.39 is 10.0 Å². The molecule has 0 aliphatic carbocycles. The maximum Gasteiger partial charge on any atom is 0.243 e. The number of methoxy groups -OCH3 is 1. The Balaban J connectivity index is 0.00000288. The van der Waals surface area contributed by atoms with Gasteiger partial charge in [0.15, 0.2) is 0 Å². The van der Waals surface area contributed by atoms with Crippen LogP contribution in [0.5, 0.6) is 0 Å². The summed E-state index contributed by atoms with van der Waals surface area (Å²) in [6.45, 7) is 2.65. The van der Waals surface area contributed by atoms with E-state index in [1.807, 2.05) is 6.07 Å². The summed E-state index contributed by atoms with van der Waals surface area (Å²) in [6, 6.07) is 6.94. The minimum absolute atomic E-state index is 0. The van der Waals surface area contributed by atoms with Gasteiger partial charge in [-0.1, -0.05) is 12.1 Å². The lowest BCUT2D eigenvalue weighted by Gasteiger charge is -2.31. The first kappa shape index (κ1) is 21.3. The van der Waals surface area contributed by atoms with Crippen molar-refractivity contribution in [1.29, 1.82) is 0 Å². The van der Waals surface area contributed by atoms with Gasteiger partial charge in [-0.25, -0.2) is 8.42 Å². The minimum atomic E-state index is -3.45. The standard InChI is InChI=1S/C16H26N2O4S.ClH/c1-21-13-14-4-2-5-16(12-14)23(19,20)18-9-6-15(7-10-18)22-11-3-8-17;/h2,4-5,12,15H,3,6-11,13,17H2,1H3;1H. The molecule has 0 saturated carbocycles. The molecule has 1 aliphatic rings. The topological polar surface area (TPSA) is 81.9 Å². The Morgan fingerprint density at radius 1 is 1.29 bits per heavy atom. The second kappa shape index (κ2) is 10.3. The Bertz CT molecular complexity index is 589. The molecule has 1 fully saturated rings. The van der Waals surface area contributed by atoms with Crippen LogP contribution in [0.25, 0.3) is 0 Å². The summed E-state index contributed by atoms with van der Waals surface area (Å²) in [6.07, 6.45) is 2.42. The first-order valence-electron chi connectivity index (χ1n) is 7.97. The SMILES string of the molecule is COCc1cccc(S(=O)(=O)N2CCC(OCCCN)CC2)c1.Cl. The Morgan fingerprint density at radius 3 is 2.62 bits per heavy atom. The maximum absolute atomic E-state index is 12.7. The number of piperidine rings is 1. The molecule has 0 atom stereocenters. The van der Waals surface area contributed by atoms with E-state index in [2.05, 4.69) is 0 Å². The average Bonchev–Trinajstić information content (AvgIpc) is 2.56. The molecular formula is C16H27ClN2O4S. The Hall–Kier alpha value is -0.700. The summed E-state index contributed by atoms with van der Waals surface area (Å²) in [5, 5.41) is 0. The van der Waals surface area contributed by atoms with Crippen LogP contribution in [0.15, 0.2) is 29.2 Å². The van der Waals surface area contributed by atoms with Crippen LogP contribution in [0.1, 0.15) is 24.8 Å². The Morgan fingerprint density at radius 2 is 2.00 bits per heavy atom. The second-order valence-electron chi connectivity index (χ2n) is 5.70. The zero-order chi connectivity index (χ0) is 16.7. The largest absolute Gasteiger partial charge is 0.380 e. The van der Waals surface area contributed by atoms with Gasteiger partial charge in [-0.15, -0.1) is 12.4 Å². The van der Waals surface area contributed by atoms with Crippen molar-refractivity contribution in [2.75, 3.05) is 33.4 Å². The van der Waals surface area contributed by atoms with Crippen molar-refractivity contribution in [2.45, 2.75) is 36.9 Å². The molecule has 1 aliphatic heterocycles. The fourth-order valence-electron chi connectivity index (χ4n) is 2.68. The smallest absolute Gasteiger partial charge is 0.243 e. The quantitative estimate of drug-likeness (QED) is 0.697. The number of rotatable bonds is 8. The van der Waals surface area contributed by atoms with Crippen LogP contribution in [0.4, 0.5) is 0 Å². The van der Waals surface area contributed by atoms with Gasteiger partial charge in [0.25, 0.3) is 0 Å². The third-order valence-electron chi connectivity index (χ3n) is 3.95. The van der Waals surface area contributed by atoms with Crippen molar-refractivity contribution in [2.24, 2.45) is 5.73 Å². The van der Waals surface area contributed by atoms with Crippen LogP contribution in [0.3, 0.4) is 0 Å². The van der Waals surface area contributed by atoms with E-state index in [-0.39, 0.29) is 18.5 Å². The van der Waals surface area contributed by atoms with Gasteiger partial charge in [0.1, 0.15) is 0 Å². The van der Waals surface area contributed by atoms with Crippen molar-refractivity contribution >= 4 is 22.4 Å². The molecule has 0 amide bonds. The van der Waals surface area contributed by atoms with Crippen molar-refractivity contribution in [3.63, 3.8) is 0 Å². The molecule has 0 aromatic heterocycles. The highest BCUT2D eigenvalue weighted by Crippen LogP contribution is 2.23. The van der Waals surface area contributed by atoms with Crippen molar-refractivity contribution in [1.82, 2.24) is 4.31 Å². The van der Waals surface area contributed by atoms with Crippen molar-refractivity contribution in [3.05, 3.63) is 29.8 Å². The summed E-state index contributed by atoms with van der Waals surface area (Å²) < 4.78 is 37.8. The van der Waals surface area contributed by atoms with Gasteiger partial charge >= 0.3 is 0 Å². The zero-order valence-corrected chi connectivity index (χ0v) is 15.7. The first-order chi connectivity index (χ1) is 11.1. The summed E-state index contributed by atoms with van der Waals surface area (Å²) in [7, 11) is -1.86. The highest BCUT2D eigenvalue weighted by atomic mass is 35.5. The molecule has 0 bridgehead atoms. The average molecular weight is 379 g/mol. The van der Waals surface area contributed by atoms with Gasteiger partial charge in [-0.2, -0.15) is 4.31 Å². The molecule has 1 aromatic carbocycles. The molecule has 1 aromatic rings. The van der Waals surface area contributed by atoms with Gasteiger partial charge in [0.2, 0.25) is 10.0 Å². The molecule has 1 heterocycles. The van der Waals surface area contributed by atoms with E-state index in [0.717, 1.165) is 24.8 Å². The Kier molecular flexibility index (Phi) is 9.18. The van der Waals surface area contributed by atoms with Gasteiger partial charge in [-0.3, -0.25) is 0 Å². The molecule has 2 N–H and O–H groups in total. The van der Waals surface area contributed by atoms with Gasteiger partial charge in [-0.05, 0) is 43.5 Å². The molecule has 0 radical (unpaired) electrons. The fourth-order valence-corrected chi connectivity index (χ4v) is 4.22. The first-order valence-corrected chi connectivity index (χ1v) is 9.41. The number of benzene rings is 1. The van der Waals surface area contributed by atoms with Crippen LogP contribution in [0.2, 0.25) is 0 Å². The summed E-state index contributed by atoms with van der Waals surface area (Å²) >= 11 is 0. The molecule has 2 rings (SSSR count). The predicted octanol–water partition coefficient (Wildman–Crippen LogP) is 1.77. The lowest BCUT2D eigenvalue weighted by atomic mass is 10.1. The number of hydrogen-bond acceptors (Lipinski definition) is 5. The summed E-state index contributed by atoms with van der Waals surface area (Å²) in [5.74, 6) is 0. The van der Waals surface area contributed by atoms with Crippen LogP contribution >= 0.6 is 12.4 Å². The van der Waals surface area contributed by atoms with E-state index in [0.29, 0.717) is 37.7 Å². The Labute approximate surface area is 150 Å². The van der Waals surface area contributed by atoms with Crippen molar-refractivity contribution < 1.29 is 17.9 Å². The third kappa shape index (κ3) is 5.68. The molecule has 8 heteroatoms. The minimum Gasteiger partial charge on any atom is -0.380 e. The summed E-state index contributed by atoms with van der Waals surface area (Å²) in [4.78, 5) is 0.328. The maximum atomic E-state index is 12.7. The lowest BCUT2D eigenvalue weighted by Crippen LogP contribution is -2.41. The van der Waals surface area contributed by atoms with Crippen LogP contribution in [-0.2, 0) is 26.1 Å². The number of halogens is 1. The highest BCUT2D eigenvalue weighted by Gasteiger charge is 2.29. The predicted molar refractivity (Wildman–Crippen MR) is 95.8 cm³/mol. The number of ether oxygens (including phenoxy) is 2. The molecule has 138 valence electrons. The summed E-state index contributed by atoms with van der Waals surface area (Å²) in [5.41, 5.74) is 6.30. The molecule has 24 heavy (non-hydrogen) atoms. The van der Waals surface area contributed by atoms with Crippen LogP contribution in [0, 0.1) is 0 Å². The van der Waals surface area contributed by atoms with E-state index in [1.54, 1.807) is 29.6 Å². The monoisotopic (exact) mass is 378 g/mol. The third-order valence-corrected chi connectivity index (χ3v) is 5.84. The van der Waals surface area contributed by atoms with Crippen molar-refractivity contribution in [3.8, 4) is 0 Å². The van der Waals surface area contributed by atoms with E-state index >= 15 is 0 Å². The molecule has 1 saturated heterocycles. The number of nitrogens with two attached hydrogens (primary N) is 1. The number of hydrogen-bond donors (Lipinski definition) is 1. The molecular weight excluding hydrogens is 352 g/mol. The number of sulfonamides is 1. The van der Waals surface area contributed by atoms with Crippen LogP contribution in [-0.4, -0.2) is 52.2 Å². The van der Waals surface area contributed by atoms with Gasteiger partial charge in [0, 0.05) is 26.8 Å². The lowest BCUT2D eigenvalue weighted by molar-refractivity contribution is 0.0209. The van der Waals surface area contributed by atoms with Gasteiger partial charge < -0.3 is 15.2 Å². The van der Waals surface area contributed by atoms with Gasteiger partial charge in [0.05, 0.1) is 17.6 Å². The normalized spacial score (nSPS) is 16.8. The van der Waals surface area contributed by atoms with Crippen LogP contribution < -0.4 is 5.73 Å². The molecule has 6 nitrogen and oxygen atoms in total. The van der Waals surface area contributed by atoms with E-state index in [1.165, 1.54) is 0 Å². The van der Waals surface area contributed by atoms with E-state index in [4.69, 9.17) is 15.2 Å². The second-order valence-corrected chi connectivity index (χ2v) is 7.63. The molecule has 0 spiro atoms. The fraction of sp³-hybridized carbons (Fsp3) is 0.625. The van der Waals surface area contributed by atoms with E-state index in [9.17, 15) is 8.42 Å². The highest BCUT2D eigenvalue weighted by molar-refractivity contribution is 7.89.